The van der Waals surface area contributed by atoms with E-state index in [-0.39, 0.29) is 6.04 Å². The third kappa shape index (κ3) is 2.76. The van der Waals surface area contributed by atoms with E-state index in [1.54, 1.807) is 0 Å². The molecule has 3 unspecified atom stereocenters. The first-order chi connectivity index (χ1) is 9.65. The summed E-state index contributed by atoms with van der Waals surface area (Å²) in [4.78, 5) is 5.27. The molecule has 0 amide bonds. The number of hydrogen-bond acceptors (Lipinski definition) is 3. The van der Waals surface area contributed by atoms with E-state index in [0.717, 1.165) is 12.6 Å². The van der Waals surface area contributed by atoms with Crippen LogP contribution in [0.4, 0.5) is 0 Å². The van der Waals surface area contributed by atoms with Crippen LogP contribution in [0.1, 0.15) is 36.9 Å². The maximum atomic E-state index is 6.47. The highest BCUT2D eigenvalue weighted by Gasteiger charge is 2.34. The number of fused-ring (bicyclic) bond motifs is 1. The first kappa shape index (κ1) is 14.1. The normalized spacial score (nSPS) is 29.4. The first-order valence-corrected chi connectivity index (χ1v) is 7.94. The smallest absolute Gasteiger partial charge is 0.0427 e. The summed E-state index contributed by atoms with van der Waals surface area (Å²) in [6.45, 7) is 9.20. The van der Waals surface area contributed by atoms with Crippen LogP contribution in [0.5, 0.6) is 0 Å². The molecule has 110 valence electrons. The molecule has 2 aliphatic heterocycles. The molecule has 2 aliphatic rings. The van der Waals surface area contributed by atoms with E-state index in [0.29, 0.717) is 6.04 Å². The summed E-state index contributed by atoms with van der Waals surface area (Å²) in [5.41, 5.74) is 9.08. The first-order valence-electron chi connectivity index (χ1n) is 7.94. The van der Waals surface area contributed by atoms with E-state index in [1.807, 2.05) is 0 Å². The molecule has 3 rings (SSSR count). The third-order valence-electron chi connectivity index (χ3n) is 5.09. The summed E-state index contributed by atoms with van der Waals surface area (Å²) < 4.78 is 0. The average Bonchev–Trinajstić information content (AvgIpc) is 2.86. The van der Waals surface area contributed by atoms with Crippen LogP contribution in [-0.4, -0.2) is 48.1 Å². The monoisotopic (exact) mass is 273 g/mol. The molecular weight excluding hydrogens is 246 g/mol. The van der Waals surface area contributed by atoms with E-state index in [4.69, 9.17) is 5.73 Å². The molecule has 0 spiro atoms. The number of rotatable bonds is 3. The van der Waals surface area contributed by atoms with E-state index in [9.17, 15) is 0 Å². The highest BCUT2D eigenvalue weighted by Crippen LogP contribution is 2.26. The zero-order valence-corrected chi connectivity index (χ0v) is 12.8. The zero-order valence-electron chi connectivity index (χ0n) is 12.8. The van der Waals surface area contributed by atoms with E-state index in [1.165, 1.54) is 43.6 Å². The minimum atomic E-state index is 0.131. The van der Waals surface area contributed by atoms with Crippen molar-refractivity contribution < 1.29 is 0 Å². The lowest BCUT2D eigenvalue weighted by atomic mass is 10.00. The van der Waals surface area contributed by atoms with Crippen molar-refractivity contribution in [3.8, 4) is 0 Å². The van der Waals surface area contributed by atoms with Gasteiger partial charge in [0.1, 0.15) is 0 Å². The number of hydrogen-bond donors (Lipinski definition) is 1. The van der Waals surface area contributed by atoms with Crippen molar-refractivity contribution in [2.24, 2.45) is 5.73 Å². The molecular formula is C17H27N3. The Kier molecular flexibility index (Phi) is 4.11. The third-order valence-corrected chi connectivity index (χ3v) is 5.09. The predicted molar refractivity (Wildman–Crippen MR) is 83.7 cm³/mol. The molecule has 20 heavy (non-hydrogen) atoms. The van der Waals surface area contributed by atoms with Crippen molar-refractivity contribution in [1.82, 2.24) is 9.80 Å². The molecule has 0 aromatic heterocycles. The van der Waals surface area contributed by atoms with E-state index < -0.39 is 0 Å². The van der Waals surface area contributed by atoms with Gasteiger partial charge in [0.05, 0.1) is 0 Å². The van der Waals surface area contributed by atoms with Crippen LogP contribution in [0.2, 0.25) is 0 Å². The van der Waals surface area contributed by atoms with E-state index >= 15 is 0 Å². The minimum Gasteiger partial charge on any atom is -0.323 e. The van der Waals surface area contributed by atoms with Crippen molar-refractivity contribution >= 4 is 0 Å². The van der Waals surface area contributed by atoms with Crippen molar-refractivity contribution in [3.63, 3.8) is 0 Å². The SMILES string of the molecule is Cc1ccccc1C(N)CN1CC2CCCN2CC1C. The number of piperazine rings is 1. The quantitative estimate of drug-likeness (QED) is 0.916. The molecule has 0 saturated carbocycles. The summed E-state index contributed by atoms with van der Waals surface area (Å²) in [5.74, 6) is 0. The van der Waals surface area contributed by atoms with Crippen LogP contribution in [-0.2, 0) is 0 Å². The predicted octanol–water partition coefficient (Wildman–Crippen LogP) is 2.16. The highest BCUT2D eigenvalue weighted by atomic mass is 15.3. The van der Waals surface area contributed by atoms with Gasteiger partial charge >= 0.3 is 0 Å². The van der Waals surface area contributed by atoms with Crippen LogP contribution in [0, 0.1) is 6.92 Å². The van der Waals surface area contributed by atoms with Gasteiger partial charge in [0.2, 0.25) is 0 Å². The maximum absolute atomic E-state index is 6.47. The molecule has 2 N–H and O–H groups in total. The fourth-order valence-electron chi connectivity index (χ4n) is 3.86. The van der Waals surface area contributed by atoms with Gasteiger partial charge in [0.25, 0.3) is 0 Å². The standard InChI is InChI=1S/C17H27N3/c1-13-6-3-4-8-16(13)17(18)12-20-11-15-7-5-9-19(15)10-14(20)2/h3-4,6,8,14-15,17H,5,7,9-12,18H2,1-2H3. The summed E-state index contributed by atoms with van der Waals surface area (Å²) >= 11 is 0. The second kappa shape index (κ2) is 5.84. The Labute approximate surface area is 122 Å². The fraction of sp³-hybridized carbons (Fsp3) is 0.647. The van der Waals surface area contributed by atoms with Crippen LogP contribution >= 0.6 is 0 Å². The molecule has 2 heterocycles. The van der Waals surface area contributed by atoms with Gasteiger partial charge in [-0.25, -0.2) is 0 Å². The minimum absolute atomic E-state index is 0.131. The summed E-state index contributed by atoms with van der Waals surface area (Å²) in [6, 6.07) is 10.1. The fourth-order valence-corrected chi connectivity index (χ4v) is 3.86. The second-order valence-corrected chi connectivity index (χ2v) is 6.56. The molecule has 1 aromatic carbocycles. The Balaban J connectivity index is 1.66. The van der Waals surface area contributed by atoms with Gasteiger partial charge in [-0.15, -0.1) is 0 Å². The van der Waals surface area contributed by atoms with Gasteiger partial charge in [-0.2, -0.15) is 0 Å². The number of nitrogens with two attached hydrogens (primary N) is 1. The Morgan fingerprint density at radius 1 is 1.30 bits per heavy atom. The highest BCUT2D eigenvalue weighted by molar-refractivity contribution is 5.28. The van der Waals surface area contributed by atoms with E-state index in [2.05, 4.69) is 47.9 Å². The molecule has 3 nitrogen and oxygen atoms in total. The van der Waals surface area contributed by atoms with Crippen LogP contribution in [0.15, 0.2) is 24.3 Å². The lowest BCUT2D eigenvalue weighted by Gasteiger charge is -2.43. The van der Waals surface area contributed by atoms with Crippen molar-refractivity contribution in [1.29, 1.82) is 0 Å². The van der Waals surface area contributed by atoms with Crippen LogP contribution in [0.3, 0.4) is 0 Å². The van der Waals surface area contributed by atoms with Crippen LogP contribution in [0.25, 0.3) is 0 Å². The van der Waals surface area contributed by atoms with Gasteiger partial charge in [-0.3, -0.25) is 9.80 Å². The summed E-state index contributed by atoms with van der Waals surface area (Å²) in [6.07, 6.45) is 2.73. The lowest BCUT2D eigenvalue weighted by molar-refractivity contribution is 0.0553. The van der Waals surface area contributed by atoms with Gasteiger partial charge < -0.3 is 5.73 Å². The molecule has 0 bridgehead atoms. The summed E-state index contributed by atoms with van der Waals surface area (Å²) in [5, 5.41) is 0. The second-order valence-electron chi connectivity index (χ2n) is 6.56. The molecule has 2 saturated heterocycles. The molecule has 0 radical (unpaired) electrons. The van der Waals surface area contributed by atoms with Gasteiger partial charge in [-0.05, 0) is 44.4 Å². The lowest BCUT2D eigenvalue weighted by Crippen LogP contribution is -2.56. The number of nitrogens with zero attached hydrogens (tertiary/aromatic N) is 2. The van der Waals surface area contributed by atoms with Crippen molar-refractivity contribution in [3.05, 3.63) is 35.4 Å². The molecule has 1 aromatic rings. The zero-order chi connectivity index (χ0) is 14.1. The molecule has 2 fully saturated rings. The average molecular weight is 273 g/mol. The summed E-state index contributed by atoms with van der Waals surface area (Å²) in [7, 11) is 0. The van der Waals surface area contributed by atoms with Crippen molar-refractivity contribution in [2.75, 3.05) is 26.2 Å². The van der Waals surface area contributed by atoms with Crippen molar-refractivity contribution in [2.45, 2.75) is 44.8 Å². The van der Waals surface area contributed by atoms with Gasteiger partial charge in [0, 0.05) is 37.8 Å². The van der Waals surface area contributed by atoms with Crippen LogP contribution < -0.4 is 5.73 Å². The van der Waals surface area contributed by atoms with Gasteiger partial charge in [0.15, 0.2) is 0 Å². The Morgan fingerprint density at radius 2 is 2.10 bits per heavy atom. The molecule has 3 heteroatoms. The molecule has 3 atom stereocenters. The maximum Gasteiger partial charge on any atom is 0.0427 e. The Hall–Kier alpha value is -0.900. The largest absolute Gasteiger partial charge is 0.323 e. The number of aryl methyl sites for hydroxylation is 1. The topological polar surface area (TPSA) is 32.5 Å². The Bertz CT molecular complexity index is 459. The Morgan fingerprint density at radius 3 is 2.90 bits per heavy atom. The number of benzene rings is 1. The molecule has 0 aliphatic carbocycles. The van der Waals surface area contributed by atoms with Gasteiger partial charge in [-0.1, -0.05) is 24.3 Å².